The van der Waals surface area contributed by atoms with Crippen molar-refractivity contribution in [2.24, 2.45) is 23.7 Å². The fourth-order valence-corrected chi connectivity index (χ4v) is 4.64. The molecule has 4 atom stereocenters. The van der Waals surface area contributed by atoms with E-state index in [4.69, 9.17) is 0 Å². The highest BCUT2D eigenvalue weighted by molar-refractivity contribution is 14.1. The standard InChI is InChI=1S/C16H18INO3/c1-8-6-11(17)4-5-12(8)18-15(19)13-9-2-3-10(7-9)14(13)16(20)21/h4-6,9-10,13-14H,2-3,7H2,1H3,(H,18,19)(H,20,21)/p-1/t9-,10-,13+,14-/m0/s1. The van der Waals surface area contributed by atoms with Gasteiger partial charge in [0.15, 0.2) is 0 Å². The van der Waals surface area contributed by atoms with E-state index in [9.17, 15) is 14.7 Å². The number of anilines is 1. The molecule has 0 unspecified atom stereocenters. The summed E-state index contributed by atoms with van der Waals surface area (Å²) < 4.78 is 1.11. The summed E-state index contributed by atoms with van der Waals surface area (Å²) in [4.78, 5) is 23.9. The van der Waals surface area contributed by atoms with Gasteiger partial charge in [-0.05, 0) is 84.4 Å². The van der Waals surface area contributed by atoms with Gasteiger partial charge >= 0.3 is 0 Å². The highest BCUT2D eigenvalue weighted by Crippen LogP contribution is 2.52. The molecular weight excluding hydrogens is 381 g/mol. The molecule has 2 fully saturated rings. The fourth-order valence-electron chi connectivity index (χ4n) is 3.99. The zero-order valence-corrected chi connectivity index (χ0v) is 13.9. The smallest absolute Gasteiger partial charge is 0.228 e. The number of amides is 1. The summed E-state index contributed by atoms with van der Waals surface area (Å²) in [5.41, 5.74) is 1.75. The third-order valence-electron chi connectivity index (χ3n) is 4.94. The minimum absolute atomic E-state index is 0.119. The van der Waals surface area contributed by atoms with Crippen LogP contribution in [0.2, 0.25) is 0 Å². The van der Waals surface area contributed by atoms with Crippen molar-refractivity contribution < 1.29 is 14.7 Å². The molecule has 0 aromatic heterocycles. The lowest BCUT2D eigenvalue weighted by atomic mass is 9.78. The largest absolute Gasteiger partial charge is 0.550 e. The van der Waals surface area contributed by atoms with Gasteiger partial charge in [-0.3, -0.25) is 4.79 Å². The van der Waals surface area contributed by atoms with Gasteiger partial charge in [0, 0.05) is 27.1 Å². The Bertz CT molecular complexity index is 601. The third kappa shape index (κ3) is 2.67. The van der Waals surface area contributed by atoms with Crippen LogP contribution in [0.3, 0.4) is 0 Å². The van der Waals surface area contributed by atoms with Crippen molar-refractivity contribution in [1.29, 1.82) is 0 Å². The second-order valence-corrected chi connectivity index (χ2v) is 7.40. The summed E-state index contributed by atoms with van der Waals surface area (Å²) in [7, 11) is 0. The molecule has 2 saturated carbocycles. The van der Waals surface area contributed by atoms with Gasteiger partial charge in [-0.2, -0.15) is 0 Å². The summed E-state index contributed by atoms with van der Waals surface area (Å²) in [5, 5.41) is 14.3. The number of rotatable bonds is 3. The lowest BCUT2D eigenvalue weighted by Gasteiger charge is -2.30. The molecule has 112 valence electrons. The first-order chi connectivity index (χ1) is 9.97. The zero-order valence-electron chi connectivity index (χ0n) is 11.8. The summed E-state index contributed by atoms with van der Waals surface area (Å²) >= 11 is 2.22. The molecule has 21 heavy (non-hydrogen) atoms. The number of halogens is 1. The maximum Gasteiger partial charge on any atom is 0.228 e. The summed E-state index contributed by atoms with van der Waals surface area (Å²) in [6, 6.07) is 5.80. The first kappa shape index (κ1) is 14.8. The lowest BCUT2D eigenvalue weighted by molar-refractivity contribution is -0.314. The van der Waals surface area contributed by atoms with Gasteiger partial charge in [0.25, 0.3) is 0 Å². The van der Waals surface area contributed by atoms with Crippen LogP contribution in [-0.4, -0.2) is 11.9 Å². The van der Waals surface area contributed by atoms with Crippen LogP contribution in [0.1, 0.15) is 24.8 Å². The normalized spacial score (nSPS) is 30.4. The number of carbonyl (C=O) groups is 2. The van der Waals surface area contributed by atoms with E-state index in [1.54, 1.807) is 0 Å². The van der Waals surface area contributed by atoms with Gasteiger partial charge in [-0.15, -0.1) is 0 Å². The van der Waals surface area contributed by atoms with Crippen LogP contribution >= 0.6 is 22.6 Å². The van der Waals surface area contributed by atoms with Gasteiger partial charge in [0.05, 0.1) is 0 Å². The fraction of sp³-hybridized carbons (Fsp3) is 0.500. The molecule has 0 spiro atoms. The predicted octanol–water partition coefficient (Wildman–Crippen LogP) is 1.95. The minimum Gasteiger partial charge on any atom is -0.550 e. The van der Waals surface area contributed by atoms with Gasteiger partial charge in [0.2, 0.25) is 5.91 Å². The average molecular weight is 398 g/mol. The summed E-state index contributed by atoms with van der Waals surface area (Å²) in [5.74, 6) is -1.97. The van der Waals surface area contributed by atoms with Crippen molar-refractivity contribution in [3.05, 3.63) is 27.3 Å². The molecular formula is C16H17INO3-. The molecule has 1 aromatic rings. The van der Waals surface area contributed by atoms with Crippen LogP contribution in [0.15, 0.2) is 18.2 Å². The SMILES string of the molecule is Cc1cc(I)ccc1NC(=O)[C@@H]1[C@H]2CC[C@@H](C2)[C@@H]1C(=O)[O-]. The van der Waals surface area contributed by atoms with Gasteiger partial charge < -0.3 is 15.2 Å². The van der Waals surface area contributed by atoms with Crippen molar-refractivity contribution in [1.82, 2.24) is 0 Å². The van der Waals surface area contributed by atoms with E-state index in [1.165, 1.54) is 0 Å². The Morgan fingerprint density at radius 2 is 1.90 bits per heavy atom. The Hall–Kier alpha value is -1.11. The highest BCUT2D eigenvalue weighted by Gasteiger charge is 2.51. The third-order valence-corrected chi connectivity index (χ3v) is 5.61. The first-order valence-electron chi connectivity index (χ1n) is 7.25. The van der Waals surface area contributed by atoms with Crippen LogP contribution in [0.25, 0.3) is 0 Å². The molecule has 2 aliphatic carbocycles. The Morgan fingerprint density at radius 3 is 2.52 bits per heavy atom. The van der Waals surface area contributed by atoms with Crippen molar-refractivity contribution in [3.63, 3.8) is 0 Å². The van der Waals surface area contributed by atoms with E-state index >= 15 is 0 Å². The van der Waals surface area contributed by atoms with Crippen molar-refractivity contribution in [2.45, 2.75) is 26.2 Å². The first-order valence-corrected chi connectivity index (χ1v) is 8.33. The minimum atomic E-state index is -1.07. The molecule has 3 rings (SSSR count). The molecule has 0 saturated heterocycles. The van der Waals surface area contributed by atoms with Gasteiger partial charge in [-0.1, -0.05) is 0 Å². The molecule has 4 nitrogen and oxygen atoms in total. The number of hydrogen-bond acceptors (Lipinski definition) is 3. The number of carboxylic acid groups (broad SMARTS) is 1. The molecule has 0 radical (unpaired) electrons. The Kier molecular flexibility index (Phi) is 3.94. The summed E-state index contributed by atoms with van der Waals surface area (Å²) in [6.45, 7) is 1.94. The number of hydrogen-bond donors (Lipinski definition) is 1. The number of carbonyl (C=O) groups excluding carboxylic acids is 2. The van der Waals surface area contributed by atoms with E-state index in [-0.39, 0.29) is 17.7 Å². The highest BCUT2D eigenvalue weighted by atomic mass is 127. The number of nitrogens with one attached hydrogen (secondary N) is 1. The van der Waals surface area contributed by atoms with Crippen LogP contribution in [0.5, 0.6) is 0 Å². The van der Waals surface area contributed by atoms with E-state index in [2.05, 4.69) is 27.9 Å². The molecule has 0 aliphatic heterocycles. The van der Waals surface area contributed by atoms with Crippen molar-refractivity contribution in [3.8, 4) is 0 Å². The predicted molar refractivity (Wildman–Crippen MR) is 85.3 cm³/mol. The number of aryl methyl sites for hydroxylation is 1. The van der Waals surface area contributed by atoms with Gasteiger partial charge in [0.1, 0.15) is 0 Å². The maximum absolute atomic E-state index is 12.6. The number of aliphatic carboxylic acids is 1. The van der Waals surface area contributed by atoms with Crippen LogP contribution in [0.4, 0.5) is 5.69 Å². The molecule has 1 aromatic carbocycles. The average Bonchev–Trinajstić information content (AvgIpc) is 3.02. The lowest BCUT2D eigenvalue weighted by Crippen LogP contribution is -2.44. The monoisotopic (exact) mass is 398 g/mol. The molecule has 1 N–H and O–H groups in total. The summed E-state index contributed by atoms with van der Waals surface area (Å²) in [6.07, 6.45) is 2.72. The maximum atomic E-state index is 12.6. The molecule has 5 heteroatoms. The zero-order chi connectivity index (χ0) is 15.1. The molecule has 1 amide bonds. The second-order valence-electron chi connectivity index (χ2n) is 6.15. The second kappa shape index (κ2) is 5.59. The van der Waals surface area contributed by atoms with Crippen LogP contribution < -0.4 is 10.4 Å². The van der Waals surface area contributed by atoms with Crippen LogP contribution in [0, 0.1) is 34.2 Å². The Balaban J connectivity index is 1.80. The van der Waals surface area contributed by atoms with E-state index < -0.39 is 17.8 Å². The van der Waals surface area contributed by atoms with Gasteiger partial charge in [-0.25, -0.2) is 0 Å². The number of benzene rings is 1. The Labute approximate surface area is 137 Å². The Morgan fingerprint density at radius 1 is 1.24 bits per heavy atom. The van der Waals surface area contributed by atoms with Crippen LogP contribution in [-0.2, 0) is 9.59 Å². The van der Waals surface area contributed by atoms with E-state index in [0.29, 0.717) is 0 Å². The molecule has 2 aliphatic rings. The van der Waals surface area contributed by atoms with Crippen molar-refractivity contribution >= 4 is 40.2 Å². The van der Waals surface area contributed by atoms with E-state index in [0.717, 1.165) is 34.1 Å². The number of fused-ring (bicyclic) bond motifs is 2. The van der Waals surface area contributed by atoms with Crippen molar-refractivity contribution in [2.75, 3.05) is 5.32 Å². The molecule has 2 bridgehead atoms. The molecule has 0 heterocycles. The van der Waals surface area contributed by atoms with E-state index in [1.807, 2.05) is 25.1 Å². The quantitative estimate of drug-likeness (QED) is 0.792. The number of carboxylic acids is 1. The topological polar surface area (TPSA) is 69.2 Å².